The van der Waals surface area contributed by atoms with Crippen LogP contribution in [0.5, 0.6) is 0 Å². The Morgan fingerprint density at radius 2 is 2.27 bits per heavy atom. The van der Waals surface area contributed by atoms with E-state index in [4.69, 9.17) is 4.74 Å². The standard InChI is InChI=1S/C16H16N2O3S/c1-10-18-12(9-22-10)6-7-17-15(19)14-8-11-4-2-3-5-13(11)16(20)21-14/h2-5,9,14H,6-8H2,1H3,(H,17,19). The number of cyclic esters (lactones) is 1. The highest BCUT2D eigenvalue weighted by Crippen LogP contribution is 2.20. The van der Waals surface area contributed by atoms with Crippen LogP contribution >= 0.6 is 11.3 Å². The second-order valence-corrected chi connectivity index (χ2v) is 6.22. The lowest BCUT2D eigenvalue weighted by molar-refractivity contribution is -0.130. The number of amides is 1. The number of esters is 1. The van der Waals surface area contributed by atoms with E-state index in [0.717, 1.165) is 16.3 Å². The third kappa shape index (κ3) is 3.17. The number of carbonyl (C=O) groups excluding carboxylic acids is 2. The SMILES string of the molecule is Cc1nc(CCNC(=O)C2Cc3ccccc3C(=O)O2)cs1. The fourth-order valence-electron chi connectivity index (χ4n) is 2.43. The quantitative estimate of drug-likeness (QED) is 0.875. The van der Waals surface area contributed by atoms with Crippen LogP contribution in [-0.2, 0) is 22.4 Å². The van der Waals surface area contributed by atoms with E-state index in [-0.39, 0.29) is 5.91 Å². The molecule has 6 heteroatoms. The summed E-state index contributed by atoms with van der Waals surface area (Å²) >= 11 is 1.59. The van der Waals surface area contributed by atoms with Crippen LogP contribution < -0.4 is 5.32 Å². The van der Waals surface area contributed by atoms with Gasteiger partial charge in [0.25, 0.3) is 5.91 Å². The van der Waals surface area contributed by atoms with Gasteiger partial charge in [0.15, 0.2) is 6.10 Å². The molecule has 5 nitrogen and oxygen atoms in total. The van der Waals surface area contributed by atoms with Crippen molar-refractivity contribution in [3.8, 4) is 0 Å². The first-order valence-corrected chi connectivity index (χ1v) is 7.99. The minimum Gasteiger partial charge on any atom is -0.448 e. The molecule has 1 aromatic heterocycles. The first kappa shape index (κ1) is 14.7. The van der Waals surface area contributed by atoms with Crippen molar-refractivity contribution >= 4 is 23.2 Å². The number of thiazole rings is 1. The van der Waals surface area contributed by atoms with Gasteiger partial charge in [0.1, 0.15) is 0 Å². The molecule has 0 radical (unpaired) electrons. The van der Waals surface area contributed by atoms with Gasteiger partial charge in [0.05, 0.1) is 16.3 Å². The van der Waals surface area contributed by atoms with E-state index in [2.05, 4.69) is 10.3 Å². The van der Waals surface area contributed by atoms with Crippen LogP contribution in [0.25, 0.3) is 0 Å². The van der Waals surface area contributed by atoms with Gasteiger partial charge in [-0.05, 0) is 18.6 Å². The van der Waals surface area contributed by atoms with Crippen molar-refractivity contribution in [3.63, 3.8) is 0 Å². The van der Waals surface area contributed by atoms with E-state index >= 15 is 0 Å². The molecule has 1 aliphatic heterocycles. The molecule has 2 heterocycles. The maximum atomic E-state index is 12.1. The highest BCUT2D eigenvalue weighted by Gasteiger charge is 2.30. The summed E-state index contributed by atoms with van der Waals surface area (Å²) in [4.78, 5) is 28.4. The molecular formula is C16H16N2O3S. The van der Waals surface area contributed by atoms with Crippen molar-refractivity contribution in [3.05, 3.63) is 51.5 Å². The Morgan fingerprint density at radius 1 is 1.45 bits per heavy atom. The van der Waals surface area contributed by atoms with Gasteiger partial charge >= 0.3 is 5.97 Å². The summed E-state index contributed by atoms with van der Waals surface area (Å²) in [6.45, 7) is 2.43. The van der Waals surface area contributed by atoms with Crippen molar-refractivity contribution in [2.45, 2.75) is 25.9 Å². The molecule has 0 spiro atoms. The monoisotopic (exact) mass is 316 g/mol. The first-order chi connectivity index (χ1) is 10.6. The number of carbonyl (C=O) groups is 2. The van der Waals surface area contributed by atoms with E-state index in [0.29, 0.717) is 24.9 Å². The molecule has 0 saturated carbocycles. The minimum absolute atomic E-state index is 0.255. The number of aromatic nitrogens is 1. The number of ether oxygens (including phenoxy) is 1. The summed E-state index contributed by atoms with van der Waals surface area (Å²) < 4.78 is 5.22. The third-order valence-corrected chi connectivity index (χ3v) is 4.35. The predicted molar refractivity (Wildman–Crippen MR) is 82.9 cm³/mol. The van der Waals surface area contributed by atoms with Gasteiger partial charge in [0, 0.05) is 24.8 Å². The van der Waals surface area contributed by atoms with E-state index in [9.17, 15) is 9.59 Å². The Kier molecular flexibility index (Phi) is 4.20. The number of aryl methyl sites for hydroxylation is 1. The van der Waals surface area contributed by atoms with Gasteiger partial charge in [-0.3, -0.25) is 4.79 Å². The molecule has 0 bridgehead atoms. The zero-order valence-electron chi connectivity index (χ0n) is 12.2. The smallest absolute Gasteiger partial charge is 0.339 e. The molecule has 1 unspecified atom stereocenters. The Bertz CT molecular complexity index is 711. The van der Waals surface area contributed by atoms with E-state index in [1.165, 1.54) is 0 Å². The number of benzene rings is 1. The molecule has 1 aromatic carbocycles. The summed E-state index contributed by atoms with van der Waals surface area (Å²) in [6.07, 6.45) is 0.344. The Labute approximate surface area is 132 Å². The predicted octanol–water partition coefficient (Wildman–Crippen LogP) is 1.89. The molecule has 0 aliphatic carbocycles. The minimum atomic E-state index is -0.750. The number of fused-ring (bicyclic) bond motifs is 1. The lowest BCUT2D eigenvalue weighted by atomic mass is 9.98. The zero-order chi connectivity index (χ0) is 15.5. The number of nitrogens with one attached hydrogen (secondary N) is 1. The normalized spacial score (nSPS) is 16.8. The topological polar surface area (TPSA) is 68.3 Å². The van der Waals surface area contributed by atoms with Crippen LogP contribution in [0.3, 0.4) is 0 Å². The molecule has 0 saturated heterocycles. The fraction of sp³-hybridized carbons (Fsp3) is 0.312. The zero-order valence-corrected chi connectivity index (χ0v) is 13.0. The molecule has 22 heavy (non-hydrogen) atoms. The van der Waals surface area contributed by atoms with E-state index in [1.807, 2.05) is 24.4 Å². The van der Waals surface area contributed by atoms with Crippen molar-refractivity contribution in [2.24, 2.45) is 0 Å². The molecule has 2 aromatic rings. The summed E-state index contributed by atoms with van der Waals surface area (Å²) in [5.74, 6) is -0.688. The second kappa shape index (κ2) is 6.27. The molecule has 0 fully saturated rings. The molecule has 1 aliphatic rings. The number of nitrogens with zero attached hydrogens (tertiary/aromatic N) is 1. The molecule has 1 N–H and O–H groups in total. The third-order valence-electron chi connectivity index (χ3n) is 3.53. The van der Waals surface area contributed by atoms with E-state index < -0.39 is 12.1 Å². The van der Waals surface area contributed by atoms with Gasteiger partial charge in [-0.25, -0.2) is 9.78 Å². The Hall–Kier alpha value is -2.21. The highest BCUT2D eigenvalue weighted by atomic mass is 32.1. The van der Waals surface area contributed by atoms with Gasteiger partial charge in [-0.15, -0.1) is 11.3 Å². The highest BCUT2D eigenvalue weighted by molar-refractivity contribution is 7.09. The fourth-order valence-corrected chi connectivity index (χ4v) is 3.08. The largest absolute Gasteiger partial charge is 0.448 e. The van der Waals surface area contributed by atoms with Gasteiger partial charge in [-0.1, -0.05) is 18.2 Å². The average Bonchev–Trinajstić information content (AvgIpc) is 2.92. The molecule has 114 valence electrons. The van der Waals surface area contributed by atoms with Crippen molar-refractivity contribution in [1.82, 2.24) is 10.3 Å². The van der Waals surface area contributed by atoms with Crippen LogP contribution in [0.1, 0.15) is 26.6 Å². The Morgan fingerprint density at radius 3 is 3.05 bits per heavy atom. The van der Waals surface area contributed by atoms with Gasteiger partial charge < -0.3 is 10.1 Å². The summed E-state index contributed by atoms with van der Waals surface area (Å²) in [5, 5.41) is 5.81. The van der Waals surface area contributed by atoms with Crippen LogP contribution in [0.2, 0.25) is 0 Å². The number of rotatable bonds is 4. The maximum Gasteiger partial charge on any atom is 0.339 e. The van der Waals surface area contributed by atoms with E-state index in [1.54, 1.807) is 23.5 Å². The summed E-state index contributed by atoms with van der Waals surface area (Å²) in [7, 11) is 0. The van der Waals surface area contributed by atoms with Crippen molar-refractivity contribution < 1.29 is 14.3 Å². The lowest BCUT2D eigenvalue weighted by Crippen LogP contribution is -2.42. The van der Waals surface area contributed by atoms with Crippen LogP contribution in [-0.4, -0.2) is 29.5 Å². The maximum absolute atomic E-state index is 12.1. The number of hydrogen-bond acceptors (Lipinski definition) is 5. The first-order valence-electron chi connectivity index (χ1n) is 7.11. The molecule has 1 atom stereocenters. The Balaban J connectivity index is 1.56. The van der Waals surface area contributed by atoms with Crippen LogP contribution in [0.4, 0.5) is 0 Å². The van der Waals surface area contributed by atoms with Crippen LogP contribution in [0, 0.1) is 6.92 Å². The van der Waals surface area contributed by atoms with Crippen molar-refractivity contribution in [1.29, 1.82) is 0 Å². The second-order valence-electron chi connectivity index (χ2n) is 5.15. The lowest BCUT2D eigenvalue weighted by Gasteiger charge is -2.23. The van der Waals surface area contributed by atoms with Crippen LogP contribution in [0.15, 0.2) is 29.6 Å². The molecule has 1 amide bonds. The number of hydrogen-bond donors (Lipinski definition) is 1. The van der Waals surface area contributed by atoms with Crippen molar-refractivity contribution in [2.75, 3.05) is 6.54 Å². The summed E-state index contributed by atoms with van der Waals surface area (Å²) in [6, 6.07) is 7.22. The average molecular weight is 316 g/mol. The van der Waals surface area contributed by atoms with Gasteiger partial charge in [-0.2, -0.15) is 0 Å². The summed E-state index contributed by atoms with van der Waals surface area (Å²) in [5.41, 5.74) is 2.37. The van der Waals surface area contributed by atoms with Gasteiger partial charge in [0.2, 0.25) is 0 Å². The molecular weight excluding hydrogens is 300 g/mol. The molecule has 3 rings (SSSR count).